The van der Waals surface area contributed by atoms with Gasteiger partial charge < -0.3 is 4.74 Å². The zero-order chi connectivity index (χ0) is 17.4. The van der Waals surface area contributed by atoms with Crippen LogP contribution in [0, 0.1) is 0 Å². The van der Waals surface area contributed by atoms with Gasteiger partial charge in [0.25, 0.3) is 0 Å². The van der Waals surface area contributed by atoms with Gasteiger partial charge in [-0.15, -0.1) is 0 Å². The van der Waals surface area contributed by atoms with E-state index >= 15 is 0 Å². The van der Waals surface area contributed by atoms with Crippen molar-refractivity contribution in [1.29, 1.82) is 0 Å². The van der Waals surface area contributed by atoms with Crippen molar-refractivity contribution in [3.63, 3.8) is 0 Å². The topological polar surface area (TPSA) is 63.2 Å². The Bertz CT molecular complexity index is 318. The Kier molecular flexibility index (Phi) is 8.54. The molecule has 132 valence electrons. The highest BCUT2D eigenvalue weighted by atomic mass is 17.3. The second-order valence-electron chi connectivity index (χ2n) is 6.68. The van der Waals surface area contributed by atoms with Crippen LogP contribution in [-0.2, 0) is 29.1 Å². The predicted octanol–water partition coefficient (Wildman–Crippen LogP) is 3.93. The third-order valence-electron chi connectivity index (χ3n) is 3.36. The Labute approximate surface area is 134 Å². The molecular weight excluding hydrogens is 288 g/mol. The first-order chi connectivity index (χ1) is 9.99. The van der Waals surface area contributed by atoms with Gasteiger partial charge in [-0.3, -0.25) is 4.79 Å². The number of esters is 1. The SMILES string of the molecule is CCOC(=O)CC(C)(OOC(C)(C)CC)OOC(C)(C)CC. The second kappa shape index (κ2) is 8.82. The standard InChI is InChI=1S/C16H32O6/c1-9-14(4,5)19-21-16(8,12-13(17)18-11-3)22-20-15(6,7)10-2/h9-12H2,1-8H3. The van der Waals surface area contributed by atoms with E-state index in [2.05, 4.69) is 0 Å². The van der Waals surface area contributed by atoms with E-state index in [0.717, 1.165) is 12.8 Å². The first-order valence-corrected chi connectivity index (χ1v) is 7.88. The van der Waals surface area contributed by atoms with Crippen molar-refractivity contribution in [1.82, 2.24) is 0 Å². The van der Waals surface area contributed by atoms with E-state index in [1.165, 1.54) is 0 Å². The van der Waals surface area contributed by atoms with Crippen LogP contribution in [0.3, 0.4) is 0 Å². The summed E-state index contributed by atoms with van der Waals surface area (Å²) in [6.07, 6.45) is 1.34. The lowest BCUT2D eigenvalue weighted by atomic mass is 10.1. The molecule has 0 amide bonds. The Morgan fingerprint density at radius 2 is 1.18 bits per heavy atom. The predicted molar refractivity (Wildman–Crippen MR) is 82.7 cm³/mol. The normalized spacial score (nSPS) is 13.3. The van der Waals surface area contributed by atoms with E-state index in [1.807, 2.05) is 41.5 Å². The van der Waals surface area contributed by atoms with Crippen molar-refractivity contribution in [2.45, 2.75) is 91.6 Å². The van der Waals surface area contributed by atoms with Crippen LogP contribution in [0.2, 0.25) is 0 Å². The zero-order valence-electron chi connectivity index (χ0n) is 15.3. The fourth-order valence-corrected chi connectivity index (χ4v) is 1.07. The van der Waals surface area contributed by atoms with Crippen LogP contribution in [0.25, 0.3) is 0 Å². The minimum atomic E-state index is -1.38. The maximum absolute atomic E-state index is 11.8. The van der Waals surface area contributed by atoms with E-state index in [4.69, 9.17) is 24.3 Å². The zero-order valence-corrected chi connectivity index (χ0v) is 15.3. The molecule has 0 heterocycles. The molecule has 0 spiro atoms. The number of carbonyl (C=O) groups excluding carboxylic acids is 1. The molecule has 6 nitrogen and oxygen atoms in total. The molecule has 0 N–H and O–H groups in total. The summed E-state index contributed by atoms with van der Waals surface area (Å²) >= 11 is 0. The largest absolute Gasteiger partial charge is 0.466 e. The number of hydrogen-bond acceptors (Lipinski definition) is 6. The second-order valence-corrected chi connectivity index (χ2v) is 6.68. The highest BCUT2D eigenvalue weighted by Gasteiger charge is 2.37. The van der Waals surface area contributed by atoms with Crippen LogP contribution in [-0.4, -0.2) is 29.6 Å². The molecule has 6 heteroatoms. The Morgan fingerprint density at radius 3 is 1.50 bits per heavy atom. The van der Waals surface area contributed by atoms with Gasteiger partial charge in [0.2, 0.25) is 5.79 Å². The maximum atomic E-state index is 11.8. The lowest BCUT2D eigenvalue weighted by molar-refractivity contribution is -0.538. The summed E-state index contributed by atoms with van der Waals surface area (Å²) in [5.41, 5.74) is -1.00. The fourth-order valence-electron chi connectivity index (χ4n) is 1.07. The molecular formula is C16H32O6. The van der Waals surface area contributed by atoms with E-state index in [9.17, 15) is 4.79 Å². The van der Waals surface area contributed by atoms with Crippen LogP contribution in [0.5, 0.6) is 0 Å². The Hall–Kier alpha value is -0.690. The fraction of sp³-hybridized carbons (Fsp3) is 0.938. The van der Waals surface area contributed by atoms with Crippen LogP contribution < -0.4 is 0 Å². The first kappa shape index (κ1) is 21.3. The molecule has 0 saturated heterocycles. The van der Waals surface area contributed by atoms with E-state index in [0.29, 0.717) is 0 Å². The van der Waals surface area contributed by atoms with Crippen LogP contribution >= 0.6 is 0 Å². The van der Waals surface area contributed by atoms with Crippen LogP contribution in [0.1, 0.15) is 74.7 Å². The summed E-state index contributed by atoms with van der Waals surface area (Å²) in [6.45, 7) is 15.1. The van der Waals surface area contributed by atoms with E-state index < -0.39 is 23.0 Å². The number of ether oxygens (including phenoxy) is 1. The van der Waals surface area contributed by atoms with Gasteiger partial charge in [-0.2, -0.15) is 9.78 Å². The molecule has 0 aromatic heterocycles. The smallest absolute Gasteiger partial charge is 0.311 e. The first-order valence-electron chi connectivity index (χ1n) is 7.88. The highest BCUT2D eigenvalue weighted by molar-refractivity contribution is 5.70. The average Bonchev–Trinajstić information content (AvgIpc) is 2.44. The average molecular weight is 320 g/mol. The van der Waals surface area contributed by atoms with Gasteiger partial charge in [-0.1, -0.05) is 13.8 Å². The van der Waals surface area contributed by atoms with Crippen LogP contribution in [0.15, 0.2) is 0 Å². The Balaban J connectivity index is 4.84. The number of rotatable bonds is 11. The Morgan fingerprint density at radius 1 is 0.773 bits per heavy atom. The molecule has 0 rings (SSSR count). The number of carbonyl (C=O) groups is 1. The quantitative estimate of drug-likeness (QED) is 0.249. The molecule has 0 atom stereocenters. The molecule has 0 bridgehead atoms. The van der Waals surface area contributed by atoms with Crippen molar-refractivity contribution in [3.05, 3.63) is 0 Å². The maximum Gasteiger partial charge on any atom is 0.311 e. The monoisotopic (exact) mass is 320 g/mol. The van der Waals surface area contributed by atoms with Gasteiger partial charge in [0.1, 0.15) is 6.42 Å². The summed E-state index contributed by atoms with van der Waals surface area (Å²) in [4.78, 5) is 33.4. The molecule has 0 fully saturated rings. The van der Waals surface area contributed by atoms with Crippen molar-refractivity contribution >= 4 is 5.97 Å². The molecule has 0 aliphatic heterocycles. The summed E-state index contributed by atoms with van der Waals surface area (Å²) < 4.78 is 4.94. The van der Waals surface area contributed by atoms with Gasteiger partial charge in [0.15, 0.2) is 0 Å². The van der Waals surface area contributed by atoms with Crippen molar-refractivity contribution in [2.75, 3.05) is 6.61 Å². The van der Waals surface area contributed by atoms with Gasteiger partial charge in [-0.05, 0) is 54.4 Å². The van der Waals surface area contributed by atoms with Crippen LogP contribution in [0.4, 0.5) is 0 Å². The van der Waals surface area contributed by atoms with Gasteiger partial charge in [0.05, 0.1) is 17.8 Å². The molecule has 0 saturated carbocycles. The number of hydrogen-bond donors (Lipinski definition) is 0. The molecule has 0 radical (unpaired) electrons. The third kappa shape index (κ3) is 8.68. The lowest BCUT2D eigenvalue weighted by Gasteiger charge is -2.33. The summed E-state index contributed by atoms with van der Waals surface area (Å²) in [5, 5.41) is 0. The molecule has 22 heavy (non-hydrogen) atoms. The third-order valence-corrected chi connectivity index (χ3v) is 3.36. The molecule has 0 aromatic rings. The minimum Gasteiger partial charge on any atom is -0.466 e. The summed E-state index contributed by atoms with van der Waals surface area (Å²) in [5.74, 6) is -1.83. The molecule has 0 aliphatic rings. The highest BCUT2D eigenvalue weighted by Crippen LogP contribution is 2.27. The summed E-state index contributed by atoms with van der Waals surface area (Å²) in [6, 6.07) is 0. The van der Waals surface area contributed by atoms with Crippen molar-refractivity contribution in [2.24, 2.45) is 0 Å². The molecule has 0 unspecified atom stereocenters. The van der Waals surface area contributed by atoms with Crippen molar-refractivity contribution in [3.8, 4) is 0 Å². The summed E-state index contributed by atoms with van der Waals surface area (Å²) in [7, 11) is 0. The van der Waals surface area contributed by atoms with Crippen molar-refractivity contribution < 1.29 is 29.1 Å². The van der Waals surface area contributed by atoms with E-state index in [1.54, 1.807) is 13.8 Å². The van der Waals surface area contributed by atoms with Gasteiger partial charge in [-0.25, -0.2) is 9.78 Å². The van der Waals surface area contributed by atoms with E-state index in [-0.39, 0.29) is 13.0 Å². The van der Waals surface area contributed by atoms with Gasteiger partial charge in [0, 0.05) is 0 Å². The minimum absolute atomic E-state index is 0.138. The molecule has 0 aromatic carbocycles. The molecule has 0 aliphatic carbocycles. The lowest BCUT2D eigenvalue weighted by Crippen LogP contribution is -2.41. The van der Waals surface area contributed by atoms with Gasteiger partial charge >= 0.3 is 5.97 Å².